The minimum absolute atomic E-state index is 1.25. The van der Waals surface area contributed by atoms with E-state index in [2.05, 4.69) is 20.4 Å². The van der Waals surface area contributed by atoms with Gasteiger partial charge in [0.05, 0.1) is 0 Å². The first-order valence-electron chi connectivity index (χ1n) is 7.55. The third-order valence-corrected chi connectivity index (χ3v) is 0.662. The Balaban J connectivity index is -0.0000000253. The molecule has 0 aliphatic rings. The Morgan fingerprint density at radius 1 is 0.667 bits per heavy atom. The molecule has 0 heterocycles. The Morgan fingerprint density at radius 2 is 0.889 bits per heavy atom. The van der Waals surface area contributed by atoms with Gasteiger partial charge in [0, 0.05) is 0 Å². The van der Waals surface area contributed by atoms with E-state index in [9.17, 15) is 0 Å². The smallest absolute Gasteiger partial charge is 0.0467 e. The fourth-order valence-electron chi connectivity index (χ4n) is 0.136. The van der Waals surface area contributed by atoms with E-state index in [0.29, 0.717) is 0 Å². The molecule has 0 bridgehead atoms. The van der Waals surface area contributed by atoms with Gasteiger partial charge in [0.25, 0.3) is 0 Å². The molecule has 0 aromatic carbocycles. The van der Waals surface area contributed by atoms with Gasteiger partial charge in [-0.2, -0.15) is 0 Å². The molecule has 0 aromatic heterocycles. The topological polar surface area (TPSA) is 0 Å². The van der Waals surface area contributed by atoms with Gasteiger partial charge in [-0.3, -0.25) is 0 Å². The largest absolute Gasteiger partial charge is 0.0991 e. The normalized spacial score (nSPS) is 6.61. The molecular formula is C18H42. The van der Waals surface area contributed by atoms with E-state index < -0.39 is 0 Å². The summed E-state index contributed by atoms with van der Waals surface area (Å²) in [6.45, 7) is 25.7. The lowest BCUT2D eigenvalue weighted by Crippen LogP contribution is -1.33. The van der Waals surface area contributed by atoms with E-state index in [1.807, 2.05) is 86.6 Å². The lowest BCUT2D eigenvalue weighted by Gasteiger charge is -1.56. The van der Waals surface area contributed by atoms with E-state index in [0.717, 1.165) is 0 Å². The van der Waals surface area contributed by atoms with Crippen molar-refractivity contribution < 1.29 is 0 Å². The maximum atomic E-state index is 3.46. The van der Waals surface area contributed by atoms with Crippen LogP contribution in [0, 0.1) is 0 Å². The average molecular weight is 259 g/mol. The van der Waals surface area contributed by atoms with Crippen LogP contribution in [0.25, 0.3) is 0 Å². The molecule has 0 fully saturated rings. The minimum Gasteiger partial charge on any atom is -0.0991 e. The SMILES string of the molecule is C/C=C\C.C=C/C=C\C.CC.CC.CC.CCC. The Kier molecular flexibility index (Phi) is 276. The summed E-state index contributed by atoms with van der Waals surface area (Å²) in [6.07, 6.45) is 10.8. The quantitative estimate of drug-likeness (QED) is 0.332. The van der Waals surface area contributed by atoms with Crippen molar-refractivity contribution in [3.8, 4) is 0 Å². The van der Waals surface area contributed by atoms with Crippen molar-refractivity contribution in [2.24, 2.45) is 0 Å². The lowest BCUT2D eigenvalue weighted by atomic mass is 10.5. The van der Waals surface area contributed by atoms with E-state index in [-0.39, 0.29) is 0 Å². The number of allylic oxidation sites excluding steroid dienone is 5. The van der Waals surface area contributed by atoms with Crippen molar-refractivity contribution in [3.05, 3.63) is 37.0 Å². The summed E-state index contributed by atoms with van der Waals surface area (Å²) in [4.78, 5) is 0. The van der Waals surface area contributed by atoms with Crippen LogP contribution in [0.3, 0.4) is 0 Å². The second-order valence-electron chi connectivity index (χ2n) is 2.14. The van der Waals surface area contributed by atoms with Crippen molar-refractivity contribution in [1.29, 1.82) is 0 Å². The fourth-order valence-corrected chi connectivity index (χ4v) is 0.136. The van der Waals surface area contributed by atoms with Crippen LogP contribution >= 0.6 is 0 Å². The molecule has 0 aliphatic heterocycles. The predicted octanol–water partition coefficient (Wildman–Crippen LogP) is 7.83. The summed E-state index contributed by atoms with van der Waals surface area (Å²) < 4.78 is 0. The number of hydrogen-bond donors (Lipinski definition) is 0. The van der Waals surface area contributed by atoms with Crippen molar-refractivity contribution in [2.45, 2.75) is 82.6 Å². The first kappa shape index (κ1) is 36.0. The molecule has 0 saturated heterocycles. The first-order chi connectivity index (χ1) is 8.74. The zero-order valence-electron chi connectivity index (χ0n) is 15.3. The zero-order valence-corrected chi connectivity index (χ0v) is 15.3. The van der Waals surface area contributed by atoms with Crippen LogP contribution in [0.2, 0.25) is 0 Å². The second-order valence-corrected chi connectivity index (χ2v) is 2.14. The highest BCUT2D eigenvalue weighted by Crippen LogP contribution is 1.64. The molecule has 0 N–H and O–H groups in total. The van der Waals surface area contributed by atoms with E-state index >= 15 is 0 Å². The van der Waals surface area contributed by atoms with E-state index in [1.165, 1.54) is 6.42 Å². The summed E-state index contributed by atoms with van der Waals surface area (Å²) in [5.74, 6) is 0. The Labute approximate surface area is 120 Å². The number of hydrogen-bond acceptors (Lipinski definition) is 0. The van der Waals surface area contributed by atoms with Gasteiger partial charge in [0.1, 0.15) is 0 Å². The molecule has 0 aromatic rings. The van der Waals surface area contributed by atoms with Gasteiger partial charge in [-0.25, -0.2) is 0 Å². The molecule has 0 unspecified atom stereocenters. The van der Waals surface area contributed by atoms with Crippen molar-refractivity contribution >= 4 is 0 Å². The third-order valence-electron chi connectivity index (χ3n) is 0.662. The van der Waals surface area contributed by atoms with Gasteiger partial charge in [-0.15, -0.1) is 0 Å². The van der Waals surface area contributed by atoms with Crippen LogP contribution in [0.15, 0.2) is 37.0 Å². The van der Waals surface area contributed by atoms with E-state index in [1.54, 1.807) is 6.08 Å². The van der Waals surface area contributed by atoms with Gasteiger partial charge in [0.2, 0.25) is 0 Å². The van der Waals surface area contributed by atoms with Crippen molar-refractivity contribution in [3.63, 3.8) is 0 Å². The Bertz CT molecular complexity index is 92.6. The van der Waals surface area contributed by atoms with Crippen molar-refractivity contribution in [2.75, 3.05) is 0 Å². The molecular weight excluding hydrogens is 216 g/mol. The van der Waals surface area contributed by atoms with Crippen LogP contribution in [0.5, 0.6) is 0 Å². The molecule has 0 atom stereocenters. The second kappa shape index (κ2) is 138. The summed E-state index contributed by atoms with van der Waals surface area (Å²) in [6, 6.07) is 0. The predicted molar refractivity (Wildman–Crippen MR) is 95.5 cm³/mol. The monoisotopic (exact) mass is 258 g/mol. The molecule has 0 saturated carbocycles. The third kappa shape index (κ3) is 624. The van der Waals surface area contributed by atoms with Gasteiger partial charge in [-0.05, 0) is 20.8 Å². The van der Waals surface area contributed by atoms with Crippen LogP contribution in [0.1, 0.15) is 82.6 Å². The molecule has 18 heavy (non-hydrogen) atoms. The number of rotatable bonds is 1. The molecule has 114 valence electrons. The Morgan fingerprint density at radius 3 is 0.889 bits per heavy atom. The molecule has 0 rings (SSSR count). The average Bonchev–Trinajstić information content (AvgIpc) is 2.47. The molecule has 0 amide bonds. The summed E-state index contributed by atoms with van der Waals surface area (Å²) in [5.41, 5.74) is 0. The Hall–Kier alpha value is -0.780. The molecule has 0 nitrogen and oxygen atoms in total. The van der Waals surface area contributed by atoms with E-state index in [4.69, 9.17) is 0 Å². The van der Waals surface area contributed by atoms with Gasteiger partial charge in [-0.1, -0.05) is 98.8 Å². The van der Waals surface area contributed by atoms with Gasteiger partial charge < -0.3 is 0 Å². The zero-order chi connectivity index (χ0) is 16.2. The lowest BCUT2D eigenvalue weighted by molar-refractivity contribution is 1.09. The summed E-state index contributed by atoms with van der Waals surface area (Å²) in [5, 5.41) is 0. The molecule has 0 heteroatoms. The maximum absolute atomic E-state index is 3.46. The van der Waals surface area contributed by atoms with Crippen molar-refractivity contribution in [1.82, 2.24) is 0 Å². The highest BCUT2D eigenvalue weighted by atomic mass is 13.5. The van der Waals surface area contributed by atoms with Gasteiger partial charge in [0.15, 0.2) is 0 Å². The highest BCUT2D eigenvalue weighted by Gasteiger charge is 1.42. The maximum Gasteiger partial charge on any atom is -0.0467 e. The molecule has 0 radical (unpaired) electrons. The minimum atomic E-state index is 1.25. The van der Waals surface area contributed by atoms with Crippen LogP contribution < -0.4 is 0 Å². The highest BCUT2D eigenvalue weighted by molar-refractivity contribution is 4.94. The molecule has 0 spiro atoms. The fraction of sp³-hybridized carbons (Fsp3) is 0.667. The standard InChI is InChI=1S/C5H8.C4H8.C3H8.3C2H6/c1-3-5-4-2;1-3-4-2;1-3-2;3*1-2/h3-5H,1H2,2H3;3-4H,1-2H3;3H2,1-2H3;3*1-2H3/b5-4-;4-3-;;;;. The van der Waals surface area contributed by atoms with Crippen LogP contribution in [0.4, 0.5) is 0 Å². The summed E-state index contributed by atoms with van der Waals surface area (Å²) >= 11 is 0. The summed E-state index contributed by atoms with van der Waals surface area (Å²) in [7, 11) is 0. The first-order valence-corrected chi connectivity index (χ1v) is 7.55. The molecule has 0 aliphatic carbocycles. The van der Waals surface area contributed by atoms with Crippen LogP contribution in [-0.4, -0.2) is 0 Å². The van der Waals surface area contributed by atoms with Gasteiger partial charge >= 0.3 is 0 Å². The van der Waals surface area contributed by atoms with Crippen LogP contribution in [-0.2, 0) is 0 Å².